The third-order valence-corrected chi connectivity index (χ3v) is 6.96. The van der Waals surface area contributed by atoms with Gasteiger partial charge >= 0.3 is 0 Å². The van der Waals surface area contributed by atoms with Crippen LogP contribution in [0.5, 0.6) is 23.0 Å². The Labute approximate surface area is 219 Å². The largest absolute Gasteiger partial charge is 0.454 e. The average molecular weight is 525 g/mol. The Bertz CT molecular complexity index is 1250. The Morgan fingerprint density at radius 1 is 0.892 bits per heavy atom. The molecule has 0 spiro atoms. The van der Waals surface area contributed by atoms with E-state index >= 15 is 0 Å². The van der Waals surface area contributed by atoms with Gasteiger partial charge in [0.1, 0.15) is 6.54 Å². The number of nitrogens with zero attached hydrogens (tertiary/aromatic N) is 2. The number of hydrogen-bond donors (Lipinski definition) is 0. The number of benzene rings is 2. The molecule has 37 heavy (non-hydrogen) atoms. The standard InChI is InChI=1S/C27H28N2O7S/c1-32-10-3-9-28(27(31)20-6-8-23-25(13-20)36-18-34-23)16-26(30)29(15-21-4-2-11-37-21)14-19-5-7-22-24(12-19)35-17-33-22/h2,4-8,11-13H,3,9-10,14-18H2,1H3. The quantitative estimate of drug-likeness (QED) is 0.352. The molecule has 3 aromatic rings. The van der Waals surface area contributed by atoms with Crippen LogP contribution in [-0.4, -0.2) is 62.0 Å². The number of methoxy groups -OCH3 is 1. The fourth-order valence-corrected chi connectivity index (χ4v) is 4.93. The Hall–Kier alpha value is -3.76. The van der Waals surface area contributed by atoms with Crippen LogP contribution in [0, 0.1) is 0 Å². The molecule has 3 heterocycles. The van der Waals surface area contributed by atoms with Crippen LogP contribution in [-0.2, 0) is 22.6 Å². The van der Waals surface area contributed by atoms with E-state index in [9.17, 15) is 9.59 Å². The Morgan fingerprint density at radius 3 is 2.35 bits per heavy atom. The number of ether oxygens (including phenoxy) is 5. The van der Waals surface area contributed by atoms with E-state index in [-0.39, 0.29) is 31.9 Å². The SMILES string of the molecule is COCCCN(CC(=O)N(Cc1ccc2c(c1)OCO2)Cc1cccs1)C(=O)c1ccc2c(c1)OCO2. The van der Waals surface area contributed by atoms with E-state index in [0.717, 1.165) is 10.4 Å². The van der Waals surface area contributed by atoms with E-state index in [1.54, 1.807) is 46.4 Å². The molecule has 2 aromatic carbocycles. The van der Waals surface area contributed by atoms with E-state index in [0.29, 0.717) is 61.2 Å². The second-order valence-corrected chi connectivity index (χ2v) is 9.69. The fourth-order valence-electron chi connectivity index (χ4n) is 4.21. The molecule has 10 heteroatoms. The molecule has 0 aliphatic carbocycles. The lowest BCUT2D eigenvalue weighted by atomic mass is 10.1. The zero-order valence-electron chi connectivity index (χ0n) is 20.5. The van der Waals surface area contributed by atoms with Gasteiger partial charge in [-0.1, -0.05) is 12.1 Å². The van der Waals surface area contributed by atoms with Crippen LogP contribution in [0.1, 0.15) is 27.2 Å². The van der Waals surface area contributed by atoms with Crippen LogP contribution < -0.4 is 18.9 Å². The predicted octanol–water partition coefficient (Wildman–Crippen LogP) is 3.91. The number of rotatable bonds is 11. The monoisotopic (exact) mass is 524 g/mol. The highest BCUT2D eigenvalue weighted by atomic mass is 32.1. The summed E-state index contributed by atoms with van der Waals surface area (Å²) in [5.41, 5.74) is 1.36. The van der Waals surface area contributed by atoms with Crippen molar-refractivity contribution in [1.29, 1.82) is 0 Å². The molecular weight excluding hydrogens is 496 g/mol. The van der Waals surface area contributed by atoms with Crippen molar-refractivity contribution in [3.63, 3.8) is 0 Å². The normalized spacial score (nSPS) is 13.0. The summed E-state index contributed by atoms with van der Waals surface area (Å²) in [5.74, 6) is 2.08. The highest BCUT2D eigenvalue weighted by molar-refractivity contribution is 7.09. The lowest BCUT2D eigenvalue weighted by Gasteiger charge is -2.28. The maximum absolute atomic E-state index is 13.7. The van der Waals surface area contributed by atoms with Gasteiger partial charge in [-0.05, 0) is 53.8 Å². The molecule has 0 atom stereocenters. The topological polar surface area (TPSA) is 86.8 Å². The van der Waals surface area contributed by atoms with E-state index in [2.05, 4.69) is 0 Å². The van der Waals surface area contributed by atoms with Crippen molar-refractivity contribution in [2.75, 3.05) is 40.4 Å². The van der Waals surface area contributed by atoms with Gasteiger partial charge in [-0.2, -0.15) is 0 Å². The zero-order chi connectivity index (χ0) is 25.6. The van der Waals surface area contributed by atoms with Crippen molar-refractivity contribution in [2.24, 2.45) is 0 Å². The highest BCUT2D eigenvalue weighted by Gasteiger charge is 2.25. The molecule has 2 aliphatic heterocycles. The minimum Gasteiger partial charge on any atom is -0.454 e. The number of amides is 2. The third-order valence-electron chi connectivity index (χ3n) is 6.10. The van der Waals surface area contributed by atoms with Crippen LogP contribution in [0.3, 0.4) is 0 Å². The van der Waals surface area contributed by atoms with Crippen molar-refractivity contribution >= 4 is 23.2 Å². The summed E-state index contributed by atoms with van der Waals surface area (Å²) in [5, 5.41) is 1.98. The maximum atomic E-state index is 13.7. The zero-order valence-corrected chi connectivity index (χ0v) is 21.3. The molecule has 2 amide bonds. The molecule has 0 fully saturated rings. The molecule has 0 N–H and O–H groups in total. The molecule has 5 rings (SSSR count). The summed E-state index contributed by atoms with van der Waals surface area (Å²) in [4.78, 5) is 31.6. The Morgan fingerprint density at radius 2 is 1.62 bits per heavy atom. The van der Waals surface area contributed by atoms with Gasteiger partial charge in [0.05, 0.1) is 6.54 Å². The van der Waals surface area contributed by atoms with Gasteiger partial charge in [-0.25, -0.2) is 0 Å². The second-order valence-electron chi connectivity index (χ2n) is 8.66. The van der Waals surface area contributed by atoms with Crippen molar-refractivity contribution in [3.05, 3.63) is 69.9 Å². The van der Waals surface area contributed by atoms with Crippen molar-refractivity contribution in [2.45, 2.75) is 19.5 Å². The van der Waals surface area contributed by atoms with E-state index < -0.39 is 0 Å². The van der Waals surface area contributed by atoms with Crippen molar-refractivity contribution < 1.29 is 33.3 Å². The van der Waals surface area contributed by atoms with Crippen LogP contribution in [0.25, 0.3) is 0 Å². The van der Waals surface area contributed by atoms with E-state index in [4.69, 9.17) is 23.7 Å². The molecule has 9 nitrogen and oxygen atoms in total. The number of thiophene rings is 1. The maximum Gasteiger partial charge on any atom is 0.254 e. The molecule has 0 saturated carbocycles. The number of fused-ring (bicyclic) bond motifs is 2. The molecular formula is C27H28N2O7S. The van der Waals surface area contributed by atoms with Crippen LogP contribution in [0.4, 0.5) is 0 Å². The van der Waals surface area contributed by atoms with Gasteiger partial charge in [0, 0.05) is 37.2 Å². The molecule has 1 aromatic heterocycles. The van der Waals surface area contributed by atoms with E-state index in [1.165, 1.54) is 0 Å². The smallest absolute Gasteiger partial charge is 0.254 e. The first kappa shape index (κ1) is 24.9. The first-order valence-corrected chi connectivity index (χ1v) is 12.9. The summed E-state index contributed by atoms with van der Waals surface area (Å²) < 4.78 is 26.9. The third kappa shape index (κ3) is 5.98. The van der Waals surface area contributed by atoms with Gasteiger partial charge in [-0.3, -0.25) is 9.59 Å². The van der Waals surface area contributed by atoms with Gasteiger partial charge < -0.3 is 33.5 Å². The molecule has 0 bridgehead atoms. The first-order chi connectivity index (χ1) is 18.1. The first-order valence-electron chi connectivity index (χ1n) is 12.0. The molecule has 194 valence electrons. The van der Waals surface area contributed by atoms with Gasteiger partial charge in [0.2, 0.25) is 19.5 Å². The van der Waals surface area contributed by atoms with Gasteiger partial charge in [0.25, 0.3) is 5.91 Å². The van der Waals surface area contributed by atoms with Crippen molar-refractivity contribution in [3.8, 4) is 23.0 Å². The van der Waals surface area contributed by atoms with Gasteiger partial charge in [0.15, 0.2) is 23.0 Å². The Balaban J connectivity index is 1.35. The summed E-state index contributed by atoms with van der Waals surface area (Å²) >= 11 is 1.59. The predicted molar refractivity (Wildman–Crippen MR) is 136 cm³/mol. The van der Waals surface area contributed by atoms with E-state index in [1.807, 2.05) is 35.7 Å². The molecule has 0 radical (unpaired) electrons. The minimum atomic E-state index is -0.248. The molecule has 2 aliphatic rings. The lowest BCUT2D eigenvalue weighted by molar-refractivity contribution is -0.133. The summed E-state index contributed by atoms with van der Waals surface area (Å²) in [6, 6.07) is 14.7. The summed E-state index contributed by atoms with van der Waals surface area (Å²) in [6.45, 7) is 1.92. The summed E-state index contributed by atoms with van der Waals surface area (Å²) in [6.07, 6.45) is 0.604. The molecule has 0 saturated heterocycles. The number of carbonyl (C=O) groups is 2. The highest BCUT2D eigenvalue weighted by Crippen LogP contribution is 2.34. The lowest BCUT2D eigenvalue weighted by Crippen LogP contribution is -2.43. The summed E-state index contributed by atoms with van der Waals surface area (Å²) in [7, 11) is 1.61. The van der Waals surface area contributed by atoms with Gasteiger partial charge in [-0.15, -0.1) is 11.3 Å². The number of carbonyl (C=O) groups excluding carboxylic acids is 2. The average Bonchev–Trinajstić information content (AvgIpc) is 3.68. The Kier molecular flexibility index (Phi) is 7.76. The van der Waals surface area contributed by atoms with Crippen molar-refractivity contribution in [1.82, 2.24) is 9.80 Å². The van der Waals surface area contributed by atoms with Crippen LogP contribution in [0.2, 0.25) is 0 Å². The van der Waals surface area contributed by atoms with Crippen LogP contribution >= 0.6 is 11.3 Å². The molecule has 0 unspecified atom stereocenters. The minimum absolute atomic E-state index is 0.0626. The fraction of sp³-hybridized carbons (Fsp3) is 0.333. The number of hydrogen-bond acceptors (Lipinski definition) is 8. The second kappa shape index (κ2) is 11.5. The van der Waals surface area contributed by atoms with Crippen LogP contribution in [0.15, 0.2) is 53.9 Å².